The Hall–Kier alpha value is -6.30. The Bertz CT molecular complexity index is 2980. The van der Waals surface area contributed by atoms with Crippen molar-refractivity contribution in [2.45, 2.75) is 291 Å². The summed E-state index contributed by atoms with van der Waals surface area (Å²) >= 11 is 0. The molecule has 4 aromatic carbocycles. The summed E-state index contributed by atoms with van der Waals surface area (Å²) in [5, 5.41) is 73.4. The molecular formula is C75H108N6O6. The van der Waals surface area contributed by atoms with E-state index in [0.717, 1.165) is 110 Å². The summed E-state index contributed by atoms with van der Waals surface area (Å²) in [4.78, 5) is 31.5. The minimum Gasteiger partial charge on any atom is -0.507 e. The topological polar surface area (TPSA) is 196 Å². The number of aromatic hydroxyl groups is 6. The number of phenolic OH excluding ortho intramolecular Hbond substituents is 6. The smallest absolute Gasteiger partial charge is 0.141 e. The summed E-state index contributed by atoms with van der Waals surface area (Å²) in [6.07, 6.45) is 15.5. The van der Waals surface area contributed by atoms with E-state index in [2.05, 4.69) is 143 Å². The fourth-order valence-corrected chi connectivity index (χ4v) is 12.7. The van der Waals surface area contributed by atoms with Gasteiger partial charge in [-0.3, -0.25) is 30.0 Å². The predicted molar refractivity (Wildman–Crippen MR) is 366 cm³/mol. The maximum Gasteiger partial charge on any atom is 0.141 e. The first kappa shape index (κ1) is 68.2. The van der Waals surface area contributed by atoms with Crippen LogP contribution < -0.4 is 0 Å². The van der Waals surface area contributed by atoms with Crippen LogP contribution in [-0.4, -0.2) is 103 Å². The molecule has 0 unspecified atom stereocenters. The Morgan fingerprint density at radius 2 is 0.517 bits per heavy atom. The van der Waals surface area contributed by atoms with Gasteiger partial charge in [-0.05, 0) is 127 Å². The molecule has 6 N–H and O–H groups in total. The molecule has 0 bridgehead atoms. The van der Waals surface area contributed by atoms with Gasteiger partial charge >= 0.3 is 0 Å². The van der Waals surface area contributed by atoms with E-state index < -0.39 is 0 Å². The molecule has 3 saturated carbocycles. The monoisotopic (exact) mass is 1190 g/mol. The van der Waals surface area contributed by atoms with Crippen LogP contribution in [0.15, 0.2) is 66.4 Å². The van der Waals surface area contributed by atoms with Crippen molar-refractivity contribution < 1.29 is 30.6 Å². The number of hydrogen-bond donors (Lipinski definition) is 6. The molecular weight excluding hydrogens is 1080 g/mol. The molecule has 0 radical (unpaired) electrons. The van der Waals surface area contributed by atoms with Crippen molar-refractivity contribution in [3.8, 4) is 34.5 Å². The molecule has 12 heteroatoms. The number of phenols is 6. The molecule has 0 saturated heterocycles. The largest absolute Gasteiger partial charge is 0.507 e. The highest BCUT2D eigenvalue weighted by atomic mass is 16.3. The predicted octanol–water partition coefficient (Wildman–Crippen LogP) is 17.4. The van der Waals surface area contributed by atoms with E-state index in [1.807, 2.05) is 18.2 Å². The summed E-state index contributed by atoms with van der Waals surface area (Å²) in [6, 6.07) is 10.7. The number of benzene rings is 4. The maximum atomic E-state index is 12.7. The van der Waals surface area contributed by atoms with E-state index in [4.69, 9.17) is 30.0 Å². The van der Waals surface area contributed by atoms with E-state index in [9.17, 15) is 30.6 Å². The first-order chi connectivity index (χ1) is 40.2. The van der Waals surface area contributed by atoms with Crippen molar-refractivity contribution in [3.05, 3.63) is 103 Å². The Morgan fingerprint density at radius 1 is 0.310 bits per heavy atom. The molecule has 6 atom stereocenters. The zero-order valence-corrected chi connectivity index (χ0v) is 57.0. The van der Waals surface area contributed by atoms with Gasteiger partial charge < -0.3 is 30.6 Å². The first-order valence-electron chi connectivity index (χ1n) is 32.4. The standard InChI is InChI=1S/C75H108N6O6/c1-43(79-58-31-25-22-28-55(58)76-40-46-34-49(70(4,5)6)37-52(64(46)82)73(13,14)15)61-67(85)62(44(2)80-59-32-26-23-29-56(59)77-41-47-35-50(71(7,8)9)38-53(65(47)83)74(16,17)18)69(87)63(68(61)86)45(3)81-60-33-27-24-30-57(60)78-42-48-36-51(72(10,11)12)39-54(66(48)84)75(19,20)21/h34-42,55-60,82-87H,22-33H2,1-21H3/t55-,56-,57-,58-,59-,60-/m1/s1. The zero-order chi connectivity index (χ0) is 64.7. The maximum absolute atomic E-state index is 12.7. The second-order valence-electron chi connectivity index (χ2n) is 31.8. The van der Waals surface area contributed by atoms with Gasteiger partial charge in [-0.25, -0.2) is 0 Å². The van der Waals surface area contributed by atoms with Gasteiger partial charge in [0.2, 0.25) is 0 Å². The normalized spacial score (nSPS) is 22.1. The van der Waals surface area contributed by atoms with Crippen LogP contribution in [0.25, 0.3) is 0 Å². The van der Waals surface area contributed by atoms with Gasteiger partial charge in [0.25, 0.3) is 0 Å². The van der Waals surface area contributed by atoms with E-state index in [0.29, 0.717) is 33.8 Å². The minimum absolute atomic E-state index is 0.0877. The molecule has 0 aliphatic heterocycles. The minimum atomic E-state index is -0.333. The van der Waals surface area contributed by atoms with Crippen molar-refractivity contribution in [1.29, 1.82) is 0 Å². The highest BCUT2D eigenvalue weighted by Gasteiger charge is 2.35. The lowest BCUT2D eigenvalue weighted by molar-refractivity contribution is 0.387. The second kappa shape index (κ2) is 26.0. The highest BCUT2D eigenvalue weighted by molar-refractivity contribution is 6.17. The van der Waals surface area contributed by atoms with E-state index in [1.54, 1.807) is 39.4 Å². The quantitative estimate of drug-likeness (QED) is 0.0764. The Labute approximate surface area is 522 Å². The van der Waals surface area contributed by atoms with Gasteiger partial charge in [-0.1, -0.05) is 181 Å². The SMILES string of the molecule is CC(=N[C@@H]1CCCC[C@H]1N=Cc1cc(C(C)(C)C)cc(C(C)(C)C)c1O)c1c(O)c(C(C)=N[C@@H]2CCCC[C@H]2N=Cc2cc(C(C)(C)C)cc(C(C)(C)C)c2O)c(O)c(C(C)=N[C@@H]2CCCC[C@H]2N=Cc2cc(C(C)(C)C)cc(C(C)(C)C)c2O)c1O. The van der Waals surface area contributed by atoms with Crippen LogP contribution in [0.2, 0.25) is 0 Å². The fourth-order valence-electron chi connectivity index (χ4n) is 12.7. The van der Waals surface area contributed by atoms with Crippen molar-refractivity contribution in [1.82, 2.24) is 0 Å². The Morgan fingerprint density at radius 3 is 0.713 bits per heavy atom. The molecule has 0 heterocycles. The van der Waals surface area contributed by atoms with Gasteiger partial charge in [0.15, 0.2) is 0 Å². The number of rotatable bonds is 12. The molecule has 4 aromatic rings. The van der Waals surface area contributed by atoms with Gasteiger partial charge in [-0.2, -0.15) is 0 Å². The van der Waals surface area contributed by atoms with Crippen LogP contribution in [-0.2, 0) is 32.5 Å². The summed E-state index contributed by atoms with van der Waals surface area (Å²) in [5.41, 5.74) is 7.88. The molecule has 0 amide bonds. The van der Waals surface area contributed by atoms with Crippen molar-refractivity contribution in [3.63, 3.8) is 0 Å². The van der Waals surface area contributed by atoms with Crippen molar-refractivity contribution >= 4 is 35.8 Å². The van der Waals surface area contributed by atoms with Gasteiger partial charge in [0.05, 0.1) is 52.9 Å². The molecule has 474 valence electrons. The third kappa shape index (κ3) is 15.9. The third-order valence-corrected chi connectivity index (χ3v) is 18.3. The molecule has 87 heavy (non-hydrogen) atoms. The lowest BCUT2D eigenvalue weighted by atomic mass is 9.79. The van der Waals surface area contributed by atoms with Crippen LogP contribution in [0, 0.1) is 0 Å². The van der Waals surface area contributed by atoms with Crippen LogP contribution in [0.3, 0.4) is 0 Å². The summed E-state index contributed by atoms with van der Waals surface area (Å²) in [7, 11) is 0. The van der Waals surface area contributed by atoms with Crippen LogP contribution in [0.4, 0.5) is 0 Å². The van der Waals surface area contributed by atoms with Gasteiger partial charge in [0.1, 0.15) is 34.5 Å². The molecule has 0 spiro atoms. The Kier molecular flexibility index (Phi) is 20.4. The average molecular weight is 1190 g/mol. The van der Waals surface area contributed by atoms with E-state index >= 15 is 0 Å². The van der Waals surface area contributed by atoms with Crippen molar-refractivity contribution in [2.75, 3.05) is 0 Å². The van der Waals surface area contributed by atoms with Crippen LogP contribution >= 0.6 is 0 Å². The van der Waals surface area contributed by atoms with Crippen LogP contribution in [0.1, 0.15) is 289 Å². The average Bonchev–Trinajstić information content (AvgIpc) is 0.961. The molecule has 12 nitrogen and oxygen atoms in total. The highest BCUT2D eigenvalue weighted by Crippen LogP contribution is 2.46. The lowest BCUT2D eigenvalue weighted by Crippen LogP contribution is -2.29. The number of aliphatic imine (C=N–C) groups is 6. The van der Waals surface area contributed by atoms with E-state index in [-0.39, 0.29) is 120 Å². The second-order valence-corrected chi connectivity index (χ2v) is 31.8. The molecule has 0 aromatic heterocycles. The summed E-state index contributed by atoms with van der Waals surface area (Å²) < 4.78 is 0. The third-order valence-electron chi connectivity index (χ3n) is 18.3. The zero-order valence-electron chi connectivity index (χ0n) is 57.0. The molecule has 7 rings (SSSR count). The molecule has 3 aliphatic rings. The summed E-state index contributed by atoms with van der Waals surface area (Å²) in [5.74, 6) is -0.342. The Balaban J connectivity index is 1.35. The van der Waals surface area contributed by atoms with Gasteiger partial charge in [-0.15, -0.1) is 0 Å². The molecule has 3 aliphatic carbocycles. The summed E-state index contributed by atoms with van der Waals surface area (Å²) in [6.45, 7) is 43.9. The number of hydrogen-bond acceptors (Lipinski definition) is 12. The van der Waals surface area contributed by atoms with E-state index in [1.165, 1.54) is 0 Å². The van der Waals surface area contributed by atoms with Crippen LogP contribution in [0.5, 0.6) is 34.5 Å². The fraction of sp³-hybridized carbons (Fsp3) is 0.600. The van der Waals surface area contributed by atoms with Crippen molar-refractivity contribution in [2.24, 2.45) is 30.0 Å². The first-order valence-corrected chi connectivity index (χ1v) is 32.4. The number of nitrogens with zero attached hydrogens (tertiary/aromatic N) is 6. The molecule has 3 fully saturated rings. The van der Waals surface area contributed by atoms with Gasteiger partial charge in [0, 0.05) is 69.2 Å². The lowest BCUT2D eigenvalue weighted by Gasteiger charge is -2.29.